The van der Waals surface area contributed by atoms with Crippen molar-refractivity contribution in [3.8, 4) is 0 Å². The summed E-state index contributed by atoms with van der Waals surface area (Å²) in [6.07, 6.45) is 2.20. The van der Waals surface area contributed by atoms with E-state index in [0.717, 1.165) is 19.4 Å². The zero-order valence-corrected chi connectivity index (χ0v) is 5.63. The van der Waals surface area contributed by atoms with Crippen LogP contribution < -0.4 is 5.73 Å². The highest BCUT2D eigenvalue weighted by molar-refractivity contribution is 5.72. The maximum absolute atomic E-state index is 10.6. The van der Waals surface area contributed by atoms with Crippen LogP contribution in [0.3, 0.4) is 0 Å². The Morgan fingerprint density at radius 1 is 1.78 bits per heavy atom. The number of likely N-dealkylation sites (tertiary alicyclic amines) is 1. The lowest BCUT2D eigenvalue weighted by molar-refractivity contribution is 0.206. The maximum atomic E-state index is 10.6. The average molecular weight is 128 g/mol. The molecule has 1 heterocycles. The molecule has 0 aromatic carbocycles. The third-order valence-electron chi connectivity index (χ3n) is 1.84. The van der Waals surface area contributed by atoms with Gasteiger partial charge in [0.1, 0.15) is 0 Å². The number of urea groups is 1. The number of hydrogen-bond acceptors (Lipinski definition) is 1. The number of carbonyl (C=O) groups is 1. The molecule has 0 radical (unpaired) electrons. The summed E-state index contributed by atoms with van der Waals surface area (Å²) >= 11 is 0. The van der Waals surface area contributed by atoms with Crippen LogP contribution in [0.4, 0.5) is 4.79 Å². The number of hydrogen-bond donors (Lipinski definition) is 1. The molecule has 3 nitrogen and oxygen atoms in total. The van der Waals surface area contributed by atoms with E-state index >= 15 is 0 Å². The molecule has 9 heavy (non-hydrogen) atoms. The fourth-order valence-electron chi connectivity index (χ4n) is 1.26. The normalized spacial score (nSPS) is 26.8. The molecular formula is C6H12N2O. The minimum absolute atomic E-state index is 0.278. The molecule has 52 valence electrons. The Kier molecular flexibility index (Phi) is 1.60. The highest BCUT2D eigenvalue weighted by Crippen LogP contribution is 2.14. The Morgan fingerprint density at radius 3 is 2.67 bits per heavy atom. The van der Waals surface area contributed by atoms with Gasteiger partial charge >= 0.3 is 6.03 Å². The third kappa shape index (κ3) is 1.15. The molecule has 1 rings (SSSR count). The summed E-state index contributed by atoms with van der Waals surface area (Å²) in [4.78, 5) is 12.3. The van der Waals surface area contributed by atoms with Gasteiger partial charge in [-0.3, -0.25) is 0 Å². The van der Waals surface area contributed by atoms with E-state index in [2.05, 4.69) is 0 Å². The molecule has 1 atom stereocenters. The Balaban J connectivity index is 2.49. The summed E-state index contributed by atoms with van der Waals surface area (Å²) in [5.41, 5.74) is 5.08. The van der Waals surface area contributed by atoms with Crippen LogP contribution in [0.5, 0.6) is 0 Å². The summed E-state index contributed by atoms with van der Waals surface area (Å²) in [7, 11) is 0. The Morgan fingerprint density at radius 2 is 2.44 bits per heavy atom. The van der Waals surface area contributed by atoms with Gasteiger partial charge < -0.3 is 10.6 Å². The summed E-state index contributed by atoms with van der Waals surface area (Å²) in [6, 6.07) is 0.0856. The number of nitrogens with two attached hydrogens (primary N) is 1. The number of primary amides is 1. The molecule has 1 saturated heterocycles. The number of amides is 2. The quantitative estimate of drug-likeness (QED) is 0.508. The van der Waals surface area contributed by atoms with Gasteiger partial charge in [-0.05, 0) is 19.8 Å². The van der Waals surface area contributed by atoms with Gasteiger partial charge in [0.25, 0.3) is 0 Å². The number of nitrogens with zero attached hydrogens (tertiary/aromatic N) is 1. The lowest BCUT2D eigenvalue weighted by atomic mass is 10.2. The van der Waals surface area contributed by atoms with Crippen LogP contribution in [-0.4, -0.2) is 23.5 Å². The van der Waals surface area contributed by atoms with E-state index in [1.165, 1.54) is 0 Å². The van der Waals surface area contributed by atoms with E-state index in [4.69, 9.17) is 5.73 Å². The number of carbonyl (C=O) groups excluding carboxylic acids is 1. The van der Waals surface area contributed by atoms with Gasteiger partial charge in [-0.15, -0.1) is 0 Å². The first-order valence-electron chi connectivity index (χ1n) is 3.28. The molecule has 1 aliphatic heterocycles. The summed E-state index contributed by atoms with van der Waals surface area (Å²) < 4.78 is 0. The molecule has 0 aromatic rings. The molecule has 2 N–H and O–H groups in total. The molecule has 1 fully saturated rings. The smallest absolute Gasteiger partial charge is 0.315 e. The van der Waals surface area contributed by atoms with Gasteiger partial charge in [0.05, 0.1) is 0 Å². The predicted octanol–water partition coefficient (Wildman–Crippen LogP) is 0.549. The largest absolute Gasteiger partial charge is 0.351 e. The van der Waals surface area contributed by atoms with Crippen molar-refractivity contribution in [3.05, 3.63) is 0 Å². The Bertz CT molecular complexity index is 124. The Labute approximate surface area is 54.8 Å². The molecule has 2 amide bonds. The molecule has 0 aliphatic carbocycles. The van der Waals surface area contributed by atoms with Gasteiger partial charge in [0.2, 0.25) is 0 Å². The predicted molar refractivity (Wildman–Crippen MR) is 35.0 cm³/mol. The summed E-state index contributed by atoms with van der Waals surface area (Å²) in [5.74, 6) is 0. The van der Waals surface area contributed by atoms with Crippen molar-refractivity contribution in [1.29, 1.82) is 0 Å². The summed E-state index contributed by atoms with van der Waals surface area (Å²) in [5, 5.41) is 0. The first-order valence-corrected chi connectivity index (χ1v) is 3.28. The third-order valence-corrected chi connectivity index (χ3v) is 1.84. The molecular weight excluding hydrogens is 116 g/mol. The van der Waals surface area contributed by atoms with Gasteiger partial charge in [0.15, 0.2) is 0 Å². The van der Waals surface area contributed by atoms with Crippen LogP contribution in [0.25, 0.3) is 0 Å². The van der Waals surface area contributed by atoms with Crippen molar-refractivity contribution in [2.75, 3.05) is 6.54 Å². The Hall–Kier alpha value is -0.730. The molecule has 0 aromatic heterocycles. The second kappa shape index (κ2) is 2.25. The van der Waals surface area contributed by atoms with E-state index in [-0.39, 0.29) is 6.03 Å². The zero-order valence-electron chi connectivity index (χ0n) is 5.63. The van der Waals surface area contributed by atoms with E-state index < -0.39 is 0 Å². The van der Waals surface area contributed by atoms with Crippen LogP contribution in [0.2, 0.25) is 0 Å². The molecule has 1 aliphatic rings. The SMILES string of the molecule is C[C@@H]1CCCN1C(N)=O. The maximum Gasteiger partial charge on any atom is 0.315 e. The van der Waals surface area contributed by atoms with Crippen LogP contribution in [0.1, 0.15) is 19.8 Å². The van der Waals surface area contributed by atoms with Crippen molar-refractivity contribution in [1.82, 2.24) is 4.90 Å². The van der Waals surface area contributed by atoms with Crippen molar-refractivity contribution in [2.45, 2.75) is 25.8 Å². The van der Waals surface area contributed by atoms with Crippen LogP contribution >= 0.6 is 0 Å². The van der Waals surface area contributed by atoms with Gasteiger partial charge in [0, 0.05) is 12.6 Å². The fourth-order valence-corrected chi connectivity index (χ4v) is 1.26. The topological polar surface area (TPSA) is 46.3 Å². The highest BCUT2D eigenvalue weighted by atomic mass is 16.2. The average Bonchev–Trinajstić information content (AvgIpc) is 2.13. The monoisotopic (exact) mass is 128 g/mol. The fraction of sp³-hybridized carbons (Fsp3) is 0.833. The van der Waals surface area contributed by atoms with Crippen LogP contribution in [0.15, 0.2) is 0 Å². The van der Waals surface area contributed by atoms with E-state index in [9.17, 15) is 4.79 Å². The van der Waals surface area contributed by atoms with Crippen molar-refractivity contribution in [2.24, 2.45) is 5.73 Å². The second-order valence-electron chi connectivity index (χ2n) is 2.52. The minimum atomic E-state index is -0.278. The highest BCUT2D eigenvalue weighted by Gasteiger charge is 2.22. The van der Waals surface area contributed by atoms with Crippen molar-refractivity contribution >= 4 is 6.03 Å². The lowest BCUT2D eigenvalue weighted by Crippen LogP contribution is -2.37. The molecule has 0 bridgehead atoms. The van der Waals surface area contributed by atoms with E-state index in [1.807, 2.05) is 6.92 Å². The second-order valence-corrected chi connectivity index (χ2v) is 2.52. The van der Waals surface area contributed by atoms with Gasteiger partial charge in [-0.2, -0.15) is 0 Å². The minimum Gasteiger partial charge on any atom is -0.351 e. The first-order chi connectivity index (χ1) is 4.22. The van der Waals surface area contributed by atoms with Gasteiger partial charge in [-0.25, -0.2) is 4.79 Å². The molecule has 0 unspecified atom stereocenters. The summed E-state index contributed by atoms with van der Waals surface area (Å²) in [6.45, 7) is 2.87. The standard InChI is InChI=1S/C6H12N2O/c1-5-3-2-4-8(5)6(7)9/h5H,2-4H2,1H3,(H2,7,9)/t5-/m1/s1. The number of rotatable bonds is 0. The van der Waals surface area contributed by atoms with E-state index in [0.29, 0.717) is 6.04 Å². The van der Waals surface area contributed by atoms with Crippen molar-refractivity contribution in [3.63, 3.8) is 0 Å². The lowest BCUT2D eigenvalue weighted by Gasteiger charge is -2.17. The first kappa shape index (κ1) is 6.39. The molecule has 0 saturated carbocycles. The van der Waals surface area contributed by atoms with Crippen LogP contribution in [0, 0.1) is 0 Å². The zero-order chi connectivity index (χ0) is 6.85. The molecule has 3 heteroatoms. The van der Waals surface area contributed by atoms with E-state index in [1.54, 1.807) is 4.90 Å². The molecule has 0 spiro atoms. The van der Waals surface area contributed by atoms with Crippen molar-refractivity contribution < 1.29 is 4.79 Å². The van der Waals surface area contributed by atoms with Gasteiger partial charge in [-0.1, -0.05) is 0 Å². The van der Waals surface area contributed by atoms with Crippen LogP contribution in [-0.2, 0) is 0 Å².